The number of hydrogen-bond acceptors (Lipinski definition) is 4. The van der Waals surface area contributed by atoms with Crippen LogP contribution in [0.5, 0.6) is 0 Å². The normalized spacial score (nSPS) is 17.2. The molecule has 8 heteroatoms. The first kappa shape index (κ1) is 23.6. The van der Waals surface area contributed by atoms with E-state index in [-0.39, 0.29) is 24.4 Å². The number of rotatable bonds is 6. The van der Waals surface area contributed by atoms with Crippen LogP contribution in [-0.4, -0.2) is 66.0 Å². The summed E-state index contributed by atoms with van der Waals surface area (Å²) in [7, 11) is 0. The van der Waals surface area contributed by atoms with Crippen LogP contribution in [0.25, 0.3) is 0 Å². The second-order valence-electron chi connectivity index (χ2n) is 9.08. The summed E-state index contributed by atoms with van der Waals surface area (Å²) in [4.78, 5) is 44.4. The number of likely N-dealkylation sites (tertiary alicyclic amines) is 1. The predicted molar refractivity (Wildman–Crippen MR) is 133 cm³/mol. The molecule has 1 spiro atoms. The fraction of sp³-hybridized carbons (Fsp3) is 0.423. The van der Waals surface area contributed by atoms with Gasteiger partial charge in [-0.3, -0.25) is 9.59 Å². The van der Waals surface area contributed by atoms with Gasteiger partial charge in [-0.2, -0.15) is 0 Å². The SMILES string of the molecule is CCCNC(=O)CN1CN(c2ccccc2)C2(CCN(C(=O)Nc3cccc(C)c3)CC2)C1=O. The molecule has 2 aromatic rings. The summed E-state index contributed by atoms with van der Waals surface area (Å²) in [6.07, 6.45) is 1.87. The lowest BCUT2D eigenvalue weighted by Gasteiger charge is -2.43. The van der Waals surface area contributed by atoms with Crippen LogP contribution in [0.2, 0.25) is 0 Å². The summed E-state index contributed by atoms with van der Waals surface area (Å²) >= 11 is 0. The number of urea groups is 1. The molecule has 0 bridgehead atoms. The molecule has 2 heterocycles. The van der Waals surface area contributed by atoms with Gasteiger partial charge in [0.25, 0.3) is 5.91 Å². The average molecular weight is 464 g/mol. The second kappa shape index (κ2) is 10.2. The molecule has 2 N–H and O–H groups in total. The lowest BCUT2D eigenvalue weighted by Crippen LogP contribution is -2.58. The zero-order valence-corrected chi connectivity index (χ0v) is 19.9. The van der Waals surface area contributed by atoms with Crippen molar-refractivity contribution in [2.75, 3.05) is 43.1 Å². The van der Waals surface area contributed by atoms with Gasteiger partial charge in [0, 0.05) is 31.0 Å². The Morgan fingerprint density at radius 3 is 2.44 bits per heavy atom. The number of carbonyl (C=O) groups is 3. The molecule has 2 aromatic carbocycles. The summed E-state index contributed by atoms with van der Waals surface area (Å²) in [5.41, 5.74) is 2.03. The molecule has 0 atom stereocenters. The third-order valence-electron chi connectivity index (χ3n) is 6.64. The van der Waals surface area contributed by atoms with Crippen molar-refractivity contribution >= 4 is 29.2 Å². The van der Waals surface area contributed by atoms with E-state index in [1.807, 2.05) is 68.4 Å². The summed E-state index contributed by atoms with van der Waals surface area (Å²) in [6, 6.07) is 17.4. The maximum atomic E-state index is 13.7. The molecular formula is C26H33N5O3. The Bertz CT molecular complexity index is 1030. The summed E-state index contributed by atoms with van der Waals surface area (Å²) in [5, 5.41) is 5.83. The van der Waals surface area contributed by atoms with Crippen LogP contribution in [0.1, 0.15) is 31.7 Å². The number of hydrogen-bond donors (Lipinski definition) is 2. The maximum Gasteiger partial charge on any atom is 0.321 e. The van der Waals surface area contributed by atoms with Crippen LogP contribution in [0.4, 0.5) is 16.2 Å². The zero-order valence-electron chi connectivity index (χ0n) is 19.9. The van der Waals surface area contributed by atoms with Gasteiger partial charge in [0.1, 0.15) is 12.1 Å². The Morgan fingerprint density at radius 2 is 1.76 bits per heavy atom. The lowest BCUT2D eigenvalue weighted by atomic mass is 9.85. The number of nitrogens with zero attached hydrogens (tertiary/aromatic N) is 3. The van der Waals surface area contributed by atoms with Crippen molar-refractivity contribution < 1.29 is 14.4 Å². The van der Waals surface area contributed by atoms with Crippen molar-refractivity contribution in [2.45, 2.75) is 38.6 Å². The van der Waals surface area contributed by atoms with Crippen LogP contribution < -0.4 is 15.5 Å². The van der Waals surface area contributed by atoms with Crippen molar-refractivity contribution in [3.63, 3.8) is 0 Å². The quantitative estimate of drug-likeness (QED) is 0.689. The maximum absolute atomic E-state index is 13.7. The predicted octanol–water partition coefficient (Wildman–Crippen LogP) is 3.19. The number of amides is 4. The largest absolute Gasteiger partial charge is 0.355 e. The molecule has 0 aromatic heterocycles. The zero-order chi connectivity index (χ0) is 24.1. The van der Waals surface area contributed by atoms with Crippen molar-refractivity contribution in [3.8, 4) is 0 Å². The Kier molecular flexibility index (Phi) is 7.05. The molecular weight excluding hydrogens is 430 g/mol. The molecule has 4 rings (SSSR count). The molecule has 180 valence electrons. The van der Waals surface area contributed by atoms with Gasteiger partial charge >= 0.3 is 6.03 Å². The van der Waals surface area contributed by atoms with Crippen LogP contribution in [-0.2, 0) is 9.59 Å². The summed E-state index contributed by atoms with van der Waals surface area (Å²) in [6.45, 7) is 5.90. The van der Waals surface area contributed by atoms with Gasteiger partial charge < -0.3 is 25.3 Å². The van der Waals surface area contributed by atoms with E-state index < -0.39 is 5.54 Å². The summed E-state index contributed by atoms with van der Waals surface area (Å²) < 4.78 is 0. The van der Waals surface area contributed by atoms with E-state index in [0.717, 1.165) is 23.4 Å². The number of anilines is 2. The van der Waals surface area contributed by atoms with E-state index >= 15 is 0 Å². The molecule has 2 aliphatic rings. The van der Waals surface area contributed by atoms with Gasteiger partial charge in [-0.05, 0) is 56.0 Å². The lowest BCUT2D eigenvalue weighted by molar-refractivity contribution is -0.137. The van der Waals surface area contributed by atoms with E-state index in [1.54, 1.807) is 9.80 Å². The highest BCUT2D eigenvalue weighted by Crippen LogP contribution is 2.39. The van der Waals surface area contributed by atoms with Crippen molar-refractivity contribution in [3.05, 3.63) is 60.2 Å². The van der Waals surface area contributed by atoms with Crippen molar-refractivity contribution in [1.82, 2.24) is 15.1 Å². The Morgan fingerprint density at radius 1 is 1.03 bits per heavy atom. The number of piperidine rings is 1. The number of para-hydroxylation sites is 1. The van der Waals surface area contributed by atoms with E-state index in [2.05, 4.69) is 15.5 Å². The fourth-order valence-corrected chi connectivity index (χ4v) is 4.82. The Hall–Kier alpha value is -3.55. The number of nitrogens with one attached hydrogen (secondary N) is 2. The molecule has 34 heavy (non-hydrogen) atoms. The van der Waals surface area contributed by atoms with Crippen LogP contribution in [0.15, 0.2) is 54.6 Å². The monoisotopic (exact) mass is 463 g/mol. The Balaban J connectivity index is 1.49. The van der Waals surface area contributed by atoms with Gasteiger partial charge in [0.2, 0.25) is 5.91 Å². The van der Waals surface area contributed by atoms with E-state index in [4.69, 9.17) is 0 Å². The summed E-state index contributed by atoms with van der Waals surface area (Å²) in [5.74, 6) is -0.183. The van der Waals surface area contributed by atoms with Gasteiger partial charge in [-0.25, -0.2) is 4.79 Å². The highest BCUT2D eigenvalue weighted by atomic mass is 16.2. The minimum Gasteiger partial charge on any atom is -0.355 e. The van der Waals surface area contributed by atoms with Crippen LogP contribution in [0, 0.1) is 6.92 Å². The van der Waals surface area contributed by atoms with E-state index in [0.29, 0.717) is 39.1 Å². The first-order valence-electron chi connectivity index (χ1n) is 11.9. The molecule has 2 fully saturated rings. The first-order chi connectivity index (χ1) is 16.4. The molecule has 2 aliphatic heterocycles. The molecule has 0 saturated carbocycles. The van der Waals surface area contributed by atoms with Crippen LogP contribution in [0.3, 0.4) is 0 Å². The Labute approximate surface area is 200 Å². The van der Waals surface area contributed by atoms with E-state index in [1.165, 1.54) is 0 Å². The molecule has 2 saturated heterocycles. The van der Waals surface area contributed by atoms with Crippen LogP contribution >= 0.6 is 0 Å². The average Bonchev–Trinajstić information content (AvgIpc) is 3.09. The van der Waals surface area contributed by atoms with E-state index in [9.17, 15) is 14.4 Å². The molecule has 0 unspecified atom stereocenters. The smallest absolute Gasteiger partial charge is 0.321 e. The van der Waals surface area contributed by atoms with Gasteiger partial charge in [0.15, 0.2) is 0 Å². The second-order valence-corrected chi connectivity index (χ2v) is 9.08. The number of benzene rings is 2. The molecule has 4 amide bonds. The minimum atomic E-state index is -0.757. The number of aryl methyl sites for hydroxylation is 1. The topological polar surface area (TPSA) is 85.0 Å². The number of carbonyl (C=O) groups excluding carboxylic acids is 3. The van der Waals surface area contributed by atoms with Gasteiger partial charge in [-0.15, -0.1) is 0 Å². The molecule has 8 nitrogen and oxygen atoms in total. The van der Waals surface area contributed by atoms with Gasteiger partial charge in [-0.1, -0.05) is 37.3 Å². The van der Waals surface area contributed by atoms with Crippen molar-refractivity contribution in [1.29, 1.82) is 0 Å². The highest BCUT2D eigenvalue weighted by molar-refractivity contribution is 5.97. The highest BCUT2D eigenvalue weighted by Gasteiger charge is 2.54. The third-order valence-corrected chi connectivity index (χ3v) is 6.64. The minimum absolute atomic E-state index is 0.0401. The third kappa shape index (κ3) is 4.85. The fourth-order valence-electron chi connectivity index (χ4n) is 4.82. The van der Waals surface area contributed by atoms with Crippen molar-refractivity contribution in [2.24, 2.45) is 0 Å². The molecule has 0 aliphatic carbocycles. The standard InChI is InChI=1S/C26H33N5O3/c1-3-14-27-23(32)18-30-19-31(22-10-5-4-6-11-22)26(24(30)33)12-15-29(16-13-26)25(34)28-21-9-7-8-20(2)17-21/h4-11,17H,3,12-16,18-19H2,1-2H3,(H,27,32)(H,28,34). The van der Waals surface area contributed by atoms with Gasteiger partial charge in [0.05, 0.1) is 6.67 Å². The first-order valence-corrected chi connectivity index (χ1v) is 11.9. The molecule has 0 radical (unpaired) electrons.